The minimum absolute atomic E-state index is 0.449. The molecule has 0 heterocycles. The molecular weight excluding hydrogens is 180 g/mol. The minimum Gasteiger partial charge on any atom is -0.497 e. The molecule has 1 rings (SSSR count). The standard InChI is InChI=1S/C10H14N2O2/c1-12-10(11)8-5-4-7(13-2)6-9(8)14-3/h4-6H,1-3H3,(H2,11,12). The molecule has 0 unspecified atom stereocenters. The monoisotopic (exact) mass is 194 g/mol. The second kappa shape index (κ2) is 4.50. The zero-order valence-corrected chi connectivity index (χ0v) is 8.57. The van der Waals surface area contributed by atoms with Gasteiger partial charge in [-0.15, -0.1) is 0 Å². The van der Waals surface area contributed by atoms with Crippen LogP contribution < -0.4 is 15.2 Å². The summed E-state index contributed by atoms with van der Waals surface area (Å²) < 4.78 is 10.2. The number of ether oxygens (including phenoxy) is 2. The van der Waals surface area contributed by atoms with Crippen LogP contribution in [0.4, 0.5) is 0 Å². The van der Waals surface area contributed by atoms with Crippen molar-refractivity contribution in [3.8, 4) is 11.5 Å². The summed E-state index contributed by atoms with van der Waals surface area (Å²) in [5.41, 5.74) is 6.47. The third-order valence-electron chi connectivity index (χ3n) is 1.93. The Kier molecular flexibility index (Phi) is 3.34. The highest BCUT2D eigenvalue weighted by atomic mass is 16.5. The summed E-state index contributed by atoms with van der Waals surface area (Å²) in [6.07, 6.45) is 0. The molecule has 0 aliphatic rings. The van der Waals surface area contributed by atoms with Crippen LogP contribution in [0, 0.1) is 0 Å². The molecule has 0 saturated carbocycles. The average Bonchev–Trinajstić information content (AvgIpc) is 2.27. The van der Waals surface area contributed by atoms with Crippen LogP contribution in [0.1, 0.15) is 5.56 Å². The van der Waals surface area contributed by atoms with Gasteiger partial charge in [-0.25, -0.2) is 0 Å². The average molecular weight is 194 g/mol. The molecule has 0 aromatic heterocycles. The van der Waals surface area contributed by atoms with Gasteiger partial charge in [0.2, 0.25) is 0 Å². The Morgan fingerprint density at radius 3 is 2.50 bits per heavy atom. The van der Waals surface area contributed by atoms with Gasteiger partial charge in [-0.2, -0.15) is 0 Å². The van der Waals surface area contributed by atoms with Crippen LogP contribution in [0.25, 0.3) is 0 Å². The van der Waals surface area contributed by atoms with Crippen LogP contribution in [-0.2, 0) is 0 Å². The number of hydrogen-bond donors (Lipinski definition) is 1. The predicted octanol–water partition coefficient (Wildman–Crippen LogP) is 1.04. The third-order valence-corrected chi connectivity index (χ3v) is 1.93. The van der Waals surface area contributed by atoms with Gasteiger partial charge in [0.15, 0.2) is 0 Å². The van der Waals surface area contributed by atoms with Gasteiger partial charge in [-0.05, 0) is 12.1 Å². The second-order valence-electron chi connectivity index (χ2n) is 2.68. The molecule has 1 aromatic carbocycles. The van der Waals surface area contributed by atoms with Gasteiger partial charge in [-0.3, -0.25) is 4.99 Å². The van der Waals surface area contributed by atoms with Crippen LogP contribution in [-0.4, -0.2) is 27.1 Å². The van der Waals surface area contributed by atoms with E-state index in [2.05, 4.69) is 4.99 Å². The highest BCUT2D eigenvalue weighted by Crippen LogP contribution is 2.24. The molecule has 0 saturated heterocycles. The molecule has 2 N–H and O–H groups in total. The van der Waals surface area contributed by atoms with Gasteiger partial charge in [0, 0.05) is 13.1 Å². The zero-order chi connectivity index (χ0) is 10.6. The first-order valence-electron chi connectivity index (χ1n) is 4.17. The predicted molar refractivity (Wildman–Crippen MR) is 56.2 cm³/mol. The molecule has 0 aliphatic carbocycles. The number of amidine groups is 1. The first-order valence-corrected chi connectivity index (χ1v) is 4.17. The van der Waals surface area contributed by atoms with Crippen molar-refractivity contribution in [2.75, 3.05) is 21.3 Å². The Morgan fingerprint density at radius 1 is 1.29 bits per heavy atom. The minimum atomic E-state index is 0.449. The molecule has 4 heteroatoms. The number of aliphatic imine (C=N–C) groups is 1. The first-order chi connectivity index (χ1) is 6.72. The maximum absolute atomic E-state index is 5.69. The quantitative estimate of drug-likeness (QED) is 0.577. The lowest BCUT2D eigenvalue weighted by molar-refractivity contribution is 0.394. The fourth-order valence-electron chi connectivity index (χ4n) is 1.13. The Labute approximate surface area is 83.4 Å². The molecule has 0 bridgehead atoms. The van der Waals surface area contributed by atoms with Crippen molar-refractivity contribution in [2.45, 2.75) is 0 Å². The molecule has 76 valence electrons. The van der Waals surface area contributed by atoms with E-state index in [4.69, 9.17) is 15.2 Å². The molecule has 0 aliphatic heterocycles. The summed E-state index contributed by atoms with van der Waals surface area (Å²) in [5.74, 6) is 1.84. The topological polar surface area (TPSA) is 56.8 Å². The van der Waals surface area contributed by atoms with E-state index in [1.54, 1.807) is 27.3 Å². The zero-order valence-electron chi connectivity index (χ0n) is 8.57. The number of nitrogens with zero attached hydrogens (tertiary/aromatic N) is 1. The van der Waals surface area contributed by atoms with E-state index in [-0.39, 0.29) is 0 Å². The lowest BCUT2D eigenvalue weighted by Crippen LogP contribution is -2.14. The summed E-state index contributed by atoms with van der Waals surface area (Å²) in [5, 5.41) is 0. The molecule has 1 aromatic rings. The molecule has 0 fully saturated rings. The SMILES string of the molecule is CN=C(N)c1ccc(OC)cc1OC. The van der Waals surface area contributed by atoms with Gasteiger partial charge in [0.05, 0.1) is 19.8 Å². The Morgan fingerprint density at radius 2 is 2.00 bits per heavy atom. The van der Waals surface area contributed by atoms with E-state index in [0.29, 0.717) is 11.6 Å². The normalized spacial score (nSPS) is 11.2. The summed E-state index contributed by atoms with van der Waals surface area (Å²) in [6, 6.07) is 5.41. The fourth-order valence-corrected chi connectivity index (χ4v) is 1.13. The molecule has 0 atom stereocenters. The van der Waals surface area contributed by atoms with Crippen LogP contribution in [0.15, 0.2) is 23.2 Å². The van der Waals surface area contributed by atoms with Gasteiger partial charge in [-0.1, -0.05) is 0 Å². The van der Waals surface area contributed by atoms with Crippen molar-refractivity contribution in [2.24, 2.45) is 10.7 Å². The van der Waals surface area contributed by atoms with E-state index in [9.17, 15) is 0 Å². The lowest BCUT2D eigenvalue weighted by atomic mass is 10.2. The number of hydrogen-bond acceptors (Lipinski definition) is 3. The highest BCUT2D eigenvalue weighted by molar-refractivity contribution is 6.00. The molecule has 0 spiro atoms. The highest BCUT2D eigenvalue weighted by Gasteiger charge is 2.07. The lowest BCUT2D eigenvalue weighted by Gasteiger charge is -2.09. The molecule has 4 nitrogen and oxygen atoms in total. The van der Waals surface area contributed by atoms with Gasteiger partial charge < -0.3 is 15.2 Å². The Balaban J connectivity index is 3.18. The van der Waals surface area contributed by atoms with Gasteiger partial charge >= 0.3 is 0 Å². The van der Waals surface area contributed by atoms with Crippen molar-refractivity contribution in [3.05, 3.63) is 23.8 Å². The number of nitrogens with two attached hydrogens (primary N) is 1. The number of methoxy groups -OCH3 is 2. The van der Waals surface area contributed by atoms with Crippen molar-refractivity contribution in [3.63, 3.8) is 0 Å². The fraction of sp³-hybridized carbons (Fsp3) is 0.300. The van der Waals surface area contributed by atoms with Crippen LogP contribution in [0.3, 0.4) is 0 Å². The maximum atomic E-state index is 5.69. The summed E-state index contributed by atoms with van der Waals surface area (Å²) >= 11 is 0. The summed E-state index contributed by atoms with van der Waals surface area (Å²) in [4.78, 5) is 3.90. The largest absolute Gasteiger partial charge is 0.497 e. The van der Waals surface area contributed by atoms with Crippen LogP contribution in [0.2, 0.25) is 0 Å². The van der Waals surface area contributed by atoms with E-state index < -0.39 is 0 Å². The van der Waals surface area contributed by atoms with Crippen LogP contribution in [0.5, 0.6) is 11.5 Å². The Hall–Kier alpha value is -1.71. The molecular formula is C10H14N2O2. The summed E-state index contributed by atoms with van der Waals surface area (Å²) in [7, 11) is 4.83. The van der Waals surface area contributed by atoms with E-state index >= 15 is 0 Å². The summed E-state index contributed by atoms with van der Waals surface area (Å²) in [6.45, 7) is 0. The Bertz CT molecular complexity index is 348. The van der Waals surface area contributed by atoms with Crippen molar-refractivity contribution in [1.82, 2.24) is 0 Å². The first kappa shape index (κ1) is 10.4. The third kappa shape index (κ3) is 1.96. The smallest absolute Gasteiger partial charge is 0.133 e. The van der Waals surface area contributed by atoms with Gasteiger partial charge in [0.1, 0.15) is 17.3 Å². The van der Waals surface area contributed by atoms with E-state index in [1.807, 2.05) is 12.1 Å². The molecule has 14 heavy (non-hydrogen) atoms. The van der Waals surface area contributed by atoms with Crippen molar-refractivity contribution in [1.29, 1.82) is 0 Å². The van der Waals surface area contributed by atoms with Crippen molar-refractivity contribution >= 4 is 5.84 Å². The van der Waals surface area contributed by atoms with Crippen molar-refractivity contribution < 1.29 is 9.47 Å². The van der Waals surface area contributed by atoms with Crippen LogP contribution >= 0.6 is 0 Å². The number of rotatable bonds is 3. The van der Waals surface area contributed by atoms with E-state index in [0.717, 1.165) is 11.3 Å². The maximum Gasteiger partial charge on any atom is 0.133 e. The molecule has 0 amide bonds. The molecule has 0 radical (unpaired) electrons. The second-order valence-corrected chi connectivity index (χ2v) is 2.68. The number of benzene rings is 1. The van der Waals surface area contributed by atoms with Gasteiger partial charge in [0.25, 0.3) is 0 Å². The van der Waals surface area contributed by atoms with E-state index in [1.165, 1.54) is 0 Å².